The number of unbranched alkanes of at least 4 members (excludes halogenated alkanes) is 1. The zero-order chi connectivity index (χ0) is 17.5. The molecule has 0 fully saturated rings. The van der Waals surface area contributed by atoms with Crippen molar-refractivity contribution in [1.82, 2.24) is 4.72 Å². The highest BCUT2D eigenvalue weighted by atomic mass is 32.2. The van der Waals surface area contributed by atoms with E-state index in [-0.39, 0.29) is 18.2 Å². The fourth-order valence-corrected chi connectivity index (χ4v) is 3.44. The summed E-state index contributed by atoms with van der Waals surface area (Å²) in [5.41, 5.74) is 1.99. The Morgan fingerprint density at radius 1 is 1.22 bits per heavy atom. The van der Waals surface area contributed by atoms with E-state index < -0.39 is 10.0 Å². The summed E-state index contributed by atoms with van der Waals surface area (Å²) in [6.07, 6.45) is 1.48. The van der Waals surface area contributed by atoms with E-state index in [4.69, 9.17) is 0 Å². The van der Waals surface area contributed by atoms with Crippen molar-refractivity contribution in [2.75, 3.05) is 23.7 Å². The van der Waals surface area contributed by atoms with Crippen LogP contribution >= 0.6 is 0 Å². The van der Waals surface area contributed by atoms with Gasteiger partial charge in [0.1, 0.15) is 0 Å². The van der Waals surface area contributed by atoms with Gasteiger partial charge in [0, 0.05) is 25.7 Å². The van der Waals surface area contributed by atoms with Crippen molar-refractivity contribution in [3.8, 4) is 0 Å². The standard InChI is InChI=1S/C17H28N2O3S/c1-5-6-13-23(21,22)18-11-12-19(15(4)20)17-9-7-16(8-10-17)14(2)3/h7-10,14,18H,5-6,11-13H2,1-4H3. The maximum absolute atomic E-state index is 11.8. The number of sulfonamides is 1. The number of nitrogens with one attached hydrogen (secondary N) is 1. The first-order valence-corrected chi connectivity index (χ1v) is 9.77. The van der Waals surface area contributed by atoms with Crippen LogP contribution in [-0.4, -0.2) is 33.2 Å². The van der Waals surface area contributed by atoms with Gasteiger partial charge >= 0.3 is 0 Å². The first-order valence-electron chi connectivity index (χ1n) is 8.12. The van der Waals surface area contributed by atoms with Crippen LogP contribution in [0.2, 0.25) is 0 Å². The lowest BCUT2D eigenvalue weighted by molar-refractivity contribution is -0.116. The number of rotatable bonds is 9. The van der Waals surface area contributed by atoms with Crippen LogP contribution in [0.5, 0.6) is 0 Å². The molecule has 6 heteroatoms. The van der Waals surface area contributed by atoms with Gasteiger partial charge in [-0.05, 0) is 30.0 Å². The van der Waals surface area contributed by atoms with Crippen LogP contribution in [0.15, 0.2) is 24.3 Å². The van der Waals surface area contributed by atoms with Crippen molar-refractivity contribution in [2.45, 2.75) is 46.5 Å². The van der Waals surface area contributed by atoms with Crippen LogP contribution in [0.4, 0.5) is 5.69 Å². The molecule has 0 spiro atoms. The third kappa shape index (κ3) is 6.71. The van der Waals surface area contributed by atoms with Gasteiger partial charge in [-0.25, -0.2) is 13.1 Å². The molecule has 130 valence electrons. The van der Waals surface area contributed by atoms with Gasteiger partial charge in [0.25, 0.3) is 0 Å². The lowest BCUT2D eigenvalue weighted by atomic mass is 10.0. The van der Waals surface area contributed by atoms with Gasteiger partial charge < -0.3 is 4.90 Å². The minimum Gasteiger partial charge on any atom is -0.311 e. The average molecular weight is 340 g/mol. The molecule has 1 aromatic carbocycles. The molecule has 5 nitrogen and oxygen atoms in total. The van der Waals surface area contributed by atoms with Gasteiger partial charge in [0.05, 0.1) is 5.75 Å². The highest BCUT2D eigenvalue weighted by Gasteiger charge is 2.14. The normalized spacial score (nSPS) is 11.7. The molecule has 0 aliphatic carbocycles. The van der Waals surface area contributed by atoms with Crippen molar-refractivity contribution in [1.29, 1.82) is 0 Å². The SMILES string of the molecule is CCCCS(=O)(=O)NCCN(C(C)=O)c1ccc(C(C)C)cc1. The van der Waals surface area contributed by atoms with Gasteiger partial charge in [-0.1, -0.05) is 39.3 Å². The van der Waals surface area contributed by atoms with Crippen LogP contribution in [0.25, 0.3) is 0 Å². The summed E-state index contributed by atoms with van der Waals surface area (Å²) in [4.78, 5) is 13.4. The molecule has 0 aliphatic rings. The van der Waals surface area contributed by atoms with Gasteiger partial charge in [0.15, 0.2) is 0 Å². The van der Waals surface area contributed by atoms with Crippen LogP contribution in [0.3, 0.4) is 0 Å². The van der Waals surface area contributed by atoms with E-state index >= 15 is 0 Å². The molecule has 0 saturated heterocycles. The number of carbonyl (C=O) groups is 1. The smallest absolute Gasteiger partial charge is 0.223 e. The minimum atomic E-state index is -3.25. The molecule has 0 heterocycles. The topological polar surface area (TPSA) is 66.5 Å². The molecule has 0 saturated carbocycles. The van der Waals surface area contributed by atoms with E-state index in [1.165, 1.54) is 12.5 Å². The zero-order valence-corrected chi connectivity index (χ0v) is 15.3. The van der Waals surface area contributed by atoms with Crippen LogP contribution in [0, 0.1) is 0 Å². The van der Waals surface area contributed by atoms with Crippen molar-refractivity contribution in [2.24, 2.45) is 0 Å². The number of anilines is 1. The van der Waals surface area contributed by atoms with E-state index in [9.17, 15) is 13.2 Å². The lowest BCUT2D eigenvalue weighted by Gasteiger charge is -2.22. The third-order valence-corrected chi connectivity index (χ3v) is 5.15. The van der Waals surface area contributed by atoms with Gasteiger partial charge in [-0.2, -0.15) is 0 Å². The number of nitrogens with zero attached hydrogens (tertiary/aromatic N) is 1. The molecular weight excluding hydrogens is 312 g/mol. The van der Waals surface area contributed by atoms with Gasteiger partial charge in [-0.15, -0.1) is 0 Å². The van der Waals surface area contributed by atoms with E-state index in [1.807, 2.05) is 31.2 Å². The Hall–Kier alpha value is -1.40. The Bertz CT molecular complexity index is 595. The summed E-state index contributed by atoms with van der Waals surface area (Å²) >= 11 is 0. The van der Waals surface area contributed by atoms with E-state index in [1.54, 1.807) is 4.90 Å². The molecule has 0 bridgehead atoms. The fourth-order valence-electron chi connectivity index (χ4n) is 2.23. The Balaban J connectivity index is 2.67. The summed E-state index contributed by atoms with van der Waals surface area (Å²) < 4.78 is 26.1. The molecule has 0 radical (unpaired) electrons. The van der Waals surface area contributed by atoms with Crippen molar-refractivity contribution in [3.05, 3.63) is 29.8 Å². The molecule has 23 heavy (non-hydrogen) atoms. The van der Waals surface area contributed by atoms with E-state index in [2.05, 4.69) is 18.6 Å². The Labute approximate surface area is 140 Å². The quantitative estimate of drug-likeness (QED) is 0.751. The highest BCUT2D eigenvalue weighted by Crippen LogP contribution is 2.20. The molecule has 0 unspecified atom stereocenters. The molecule has 1 amide bonds. The lowest BCUT2D eigenvalue weighted by Crippen LogP contribution is -2.38. The van der Waals surface area contributed by atoms with Gasteiger partial charge in [0.2, 0.25) is 15.9 Å². The summed E-state index contributed by atoms with van der Waals surface area (Å²) in [7, 11) is -3.25. The maximum atomic E-state index is 11.8. The molecule has 0 aromatic heterocycles. The number of hydrogen-bond acceptors (Lipinski definition) is 3. The van der Waals surface area contributed by atoms with Crippen molar-refractivity contribution < 1.29 is 13.2 Å². The van der Waals surface area contributed by atoms with Crippen LogP contribution in [0.1, 0.15) is 52.0 Å². The first-order chi connectivity index (χ1) is 10.8. The largest absolute Gasteiger partial charge is 0.311 e. The fraction of sp³-hybridized carbons (Fsp3) is 0.588. The van der Waals surface area contributed by atoms with E-state index in [0.29, 0.717) is 18.9 Å². The molecular formula is C17H28N2O3S. The summed E-state index contributed by atoms with van der Waals surface area (Å²) in [5.74, 6) is 0.461. The molecule has 1 N–H and O–H groups in total. The number of benzene rings is 1. The summed E-state index contributed by atoms with van der Waals surface area (Å²) in [5, 5.41) is 0. The average Bonchev–Trinajstić information content (AvgIpc) is 2.49. The highest BCUT2D eigenvalue weighted by molar-refractivity contribution is 7.89. The Morgan fingerprint density at radius 2 is 1.83 bits per heavy atom. The number of amides is 1. The minimum absolute atomic E-state index is 0.102. The van der Waals surface area contributed by atoms with Crippen molar-refractivity contribution >= 4 is 21.6 Å². The molecule has 1 aromatic rings. The molecule has 0 atom stereocenters. The Kier molecular flexibility index (Phi) is 7.72. The zero-order valence-electron chi connectivity index (χ0n) is 14.5. The predicted octanol–water partition coefficient (Wildman–Crippen LogP) is 2.88. The predicted molar refractivity (Wildman–Crippen MR) is 95.3 cm³/mol. The van der Waals surface area contributed by atoms with Crippen LogP contribution in [-0.2, 0) is 14.8 Å². The first kappa shape index (κ1) is 19.6. The van der Waals surface area contributed by atoms with Gasteiger partial charge in [-0.3, -0.25) is 4.79 Å². The number of carbonyl (C=O) groups excluding carboxylic acids is 1. The van der Waals surface area contributed by atoms with E-state index in [0.717, 1.165) is 12.1 Å². The monoisotopic (exact) mass is 340 g/mol. The summed E-state index contributed by atoms with van der Waals surface area (Å²) in [6, 6.07) is 7.81. The van der Waals surface area contributed by atoms with Crippen LogP contribution < -0.4 is 9.62 Å². The second kappa shape index (κ2) is 9.03. The second-order valence-electron chi connectivity index (χ2n) is 5.98. The maximum Gasteiger partial charge on any atom is 0.223 e. The summed E-state index contributed by atoms with van der Waals surface area (Å²) in [6.45, 7) is 8.21. The Morgan fingerprint density at radius 3 is 2.30 bits per heavy atom. The number of hydrogen-bond donors (Lipinski definition) is 1. The third-order valence-electron chi connectivity index (χ3n) is 3.68. The van der Waals surface area contributed by atoms with Crippen molar-refractivity contribution in [3.63, 3.8) is 0 Å². The molecule has 1 rings (SSSR count). The molecule has 0 aliphatic heterocycles. The second-order valence-corrected chi connectivity index (χ2v) is 7.91.